The Morgan fingerprint density at radius 1 is 0.812 bits per heavy atom. The minimum Gasteiger partial charge on any atom is -0.494 e. The van der Waals surface area contributed by atoms with Crippen molar-refractivity contribution in [3.8, 4) is 5.75 Å². The topological polar surface area (TPSA) is 63.5 Å². The number of rotatable bonds is 14. The monoisotopic (exact) mass is 649 g/mol. The van der Waals surface area contributed by atoms with Crippen LogP contribution in [0.5, 0.6) is 5.75 Å². The van der Waals surface area contributed by atoms with E-state index in [-0.39, 0.29) is 17.0 Å². The van der Waals surface area contributed by atoms with Crippen LogP contribution in [-0.2, 0) is 9.53 Å². The molecule has 1 fully saturated rings. The first-order valence-corrected chi connectivity index (χ1v) is 18.1. The van der Waals surface area contributed by atoms with E-state index in [1.54, 1.807) is 0 Å². The maximum Gasteiger partial charge on any atom is 0.338 e. The van der Waals surface area contributed by atoms with E-state index in [2.05, 4.69) is 93.1 Å². The number of anilines is 1. The van der Waals surface area contributed by atoms with Crippen molar-refractivity contribution in [1.29, 1.82) is 0 Å². The van der Waals surface area contributed by atoms with E-state index in [4.69, 9.17) is 9.47 Å². The van der Waals surface area contributed by atoms with Gasteiger partial charge in [-0.3, -0.25) is 0 Å². The van der Waals surface area contributed by atoms with E-state index < -0.39 is 0 Å². The van der Waals surface area contributed by atoms with Crippen LogP contribution in [0.25, 0.3) is 5.57 Å². The molecule has 6 nitrogen and oxygen atoms in total. The molecule has 2 aromatic rings. The number of allylic oxidation sites excluding steroid dienone is 6. The van der Waals surface area contributed by atoms with E-state index in [1.807, 2.05) is 24.3 Å². The summed E-state index contributed by atoms with van der Waals surface area (Å²) in [5, 5.41) is 9.26. The molecule has 0 spiro atoms. The molecule has 0 unspecified atom stereocenters. The molecule has 1 heterocycles. The Labute approximate surface area is 288 Å². The number of esters is 1. The Balaban J connectivity index is 1.27. The summed E-state index contributed by atoms with van der Waals surface area (Å²) in [7, 11) is 1.46. The highest BCUT2D eigenvalue weighted by molar-refractivity contribution is 6.18. The first kappa shape index (κ1) is 35.4. The van der Waals surface area contributed by atoms with Crippen molar-refractivity contribution < 1.29 is 14.3 Å². The summed E-state index contributed by atoms with van der Waals surface area (Å²) in [4.78, 5) is 15.8. The van der Waals surface area contributed by atoms with Gasteiger partial charge in [0.25, 0.3) is 0 Å². The lowest BCUT2D eigenvalue weighted by atomic mass is 9.79. The number of hydrogen-bond acceptors (Lipinski definition) is 6. The van der Waals surface area contributed by atoms with Crippen molar-refractivity contribution in [2.45, 2.75) is 123 Å². The normalized spacial score (nSPS) is 18.9. The minimum atomic E-state index is -0.303. The lowest BCUT2D eigenvalue weighted by Gasteiger charge is -2.54. The van der Waals surface area contributed by atoms with Gasteiger partial charge in [-0.25, -0.2) is 4.79 Å². The van der Waals surface area contributed by atoms with Crippen LogP contribution in [0.15, 0.2) is 98.9 Å². The summed E-state index contributed by atoms with van der Waals surface area (Å²) in [5.74, 6) is 0.526. The number of unbranched alkanes of at least 4 members (excludes halogenated alkanes) is 3. The van der Waals surface area contributed by atoms with Crippen LogP contribution in [0.1, 0.15) is 118 Å². The van der Waals surface area contributed by atoms with Crippen molar-refractivity contribution in [3.63, 3.8) is 0 Å². The first-order valence-electron chi connectivity index (χ1n) is 18.1. The number of azo groups is 1. The highest BCUT2D eigenvalue weighted by Gasteiger charge is 2.41. The van der Waals surface area contributed by atoms with Crippen molar-refractivity contribution in [3.05, 3.63) is 94.2 Å². The molecule has 6 heteroatoms. The molecule has 3 aliphatic rings. The molecular formula is C42H55N3O3. The first-order chi connectivity index (χ1) is 23.1. The van der Waals surface area contributed by atoms with E-state index in [0.717, 1.165) is 60.4 Å². The number of nitrogens with zero attached hydrogens (tertiary/aromatic N) is 3. The fraction of sp³-hybridized carbons (Fsp3) is 0.500. The molecule has 48 heavy (non-hydrogen) atoms. The molecule has 2 aliphatic carbocycles. The standard InChI is InChI=1S/C42H55N3O3/c1-8-10-11-12-25-48-37-21-15-30(16-22-37)39(40(46)47-7)38(14-9-2)33-26-31-28-35(29-32(31)27-33)44-43-34-17-19-36(20-18-34)45-41(3,4)23-13-24-42(45,5)6/h15-22,26,29H,8-14,23-25,27-28H2,1-7H3/b39-38-,44-43?. The number of methoxy groups -OCH3 is 1. The fourth-order valence-electron chi connectivity index (χ4n) is 7.82. The molecule has 0 bridgehead atoms. The molecule has 0 radical (unpaired) electrons. The van der Waals surface area contributed by atoms with Gasteiger partial charge in [0.15, 0.2) is 0 Å². The highest BCUT2D eigenvalue weighted by atomic mass is 16.5. The molecule has 5 rings (SSSR count). The third-order valence-corrected chi connectivity index (χ3v) is 10.0. The number of carbonyl (C=O) groups is 1. The Morgan fingerprint density at radius 3 is 2.12 bits per heavy atom. The largest absolute Gasteiger partial charge is 0.494 e. The van der Waals surface area contributed by atoms with E-state index >= 15 is 0 Å². The summed E-state index contributed by atoms with van der Waals surface area (Å²) in [6.07, 6.45) is 16.0. The van der Waals surface area contributed by atoms with E-state index in [9.17, 15) is 4.79 Å². The third-order valence-electron chi connectivity index (χ3n) is 10.0. The zero-order valence-corrected chi connectivity index (χ0v) is 30.3. The van der Waals surface area contributed by atoms with Gasteiger partial charge in [0.2, 0.25) is 0 Å². The van der Waals surface area contributed by atoms with E-state index in [0.29, 0.717) is 12.2 Å². The van der Waals surface area contributed by atoms with Gasteiger partial charge in [-0.2, -0.15) is 10.2 Å². The van der Waals surface area contributed by atoms with Crippen LogP contribution in [0, 0.1) is 0 Å². The van der Waals surface area contributed by atoms with Crippen molar-refractivity contribution in [1.82, 2.24) is 0 Å². The third kappa shape index (κ3) is 8.19. The number of ether oxygens (including phenoxy) is 2. The lowest BCUT2D eigenvalue weighted by Crippen LogP contribution is -2.58. The number of carbonyl (C=O) groups excluding carboxylic acids is 1. The molecule has 256 valence electrons. The summed E-state index contributed by atoms with van der Waals surface area (Å²) >= 11 is 0. The van der Waals surface area contributed by atoms with Crippen LogP contribution >= 0.6 is 0 Å². The van der Waals surface area contributed by atoms with Crippen LogP contribution in [0.4, 0.5) is 11.4 Å². The number of hydrogen-bond donors (Lipinski definition) is 0. The predicted octanol–water partition coefficient (Wildman–Crippen LogP) is 11.6. The minimum absolute atomic E-state index is 0.120. The Morgan fingerprint density at radius 2 is 1.50 bits per heavy atom. The molecule has 0 aromatic heterocycles. The Kier molecular flexibility index (Phi) is 11.4. The zero-order chi connectivity index (χ0) is 34.3. The van der Waals surface area contributed by atoms with Gasteiger partial charge in [-0.05, 0) is 137 Å². The number of benzene rings is 2. The molecule has 1 saturated heterocycles. The Bertz CT molecular complexity index is 1590. The average molecular weight is 650 g/mol. The van der Waals surface area contributed by atoms with Gasteiger partial charge in [0.1, 0.15) is 5.75 Å². The maximum atomic E-state index is 13.2. The summed E-state index contributed by atoms with van der Waals surface area (Å²) in [5.41, 5.74) is 9.58. The van der Waals surface area contributed by atoms with Crippen molar-refractivity contribution in [2.75, 3.05) is 18.6 Å². The van der Waals surface area contributed by atoms with Crippen LogP contribution in [-0.4, -0.2) is 30.8 Å². The summed E-state index contributed by atoms with van der Waals surface area (Å²) < 4.78 is 11.3. The Hall–Kier alpha value is -3.93. The summed E-state index contributed by atoms with van der Waals surface area (Å²) in [6, 6.07) is 16.4. The second kappa shape index (κ2) is 15.5. The van der Waals surface area contributed by atoms with E-state index in [1.165, 1.54) is 68.0 Å². The van der Waals surface area contributed by atoms with Crippen molar-refractivity contribution in [2.24, 2.45) is 10.2 Å². The fourth-order valence-corrected chi connectivity index (χ4v) is 7.82. The second-order valence-electron chi connectivity index (χ2n) is 14.8. The van der Waals surface area contributed by atoms with Crippen molar-refractivity contribution >= 4 is 22.9 Å². The molecule has 0 amide bonds. The zero-order valence-electron chi connectivity index (χ0n) is 30.3. The summed E-state index contributed by atoms with van der Waals surface area (Å²) in [6.45, 7) is 14.5. The highest BCUT2D eigenvalue weighted by Crippen LogP contribution is 2.44. The van der Waals surface area contributed by atoms with Crippen LogP contribution in [0.3, 0.4) is 0 Å². The maximum absolute atomic E-state index is 13.2. The van der Waals surface area contributed by atoms with Gasteiger partial charge in [-0.15, -0.1) is 0 Å². The van der Waals surface area contributed by atoms with Gasteiger partial charge in [-0.1, -0.05) is 57.7 Å². The molecule has 0 atom stereocenters. The SMILES string of the molecule is CCCCCCOc1ccc(/C(C(=O)OC)=C(\CCC)C2=CC3=C(C=C(N=Nc4ccc(N5C(C)(C)CCCC5(C)C)cc4)C3)C2)cc1. The smallest absolute Gasteiger partial charge is 0.338 e. The average Bonchev–Trinajstić information content (AvgIpc) is 3.63. The molecule has 0 N–H and O–H groups in total. The quantitative estimate of drug-likeness (QED) is 0.0884. The molecule has 1 aliphatic heterocycles. The lowest BCUT2D eigenvalue weighted by molar-refractivity contribution is -0.133. The van der Waals surface area contributed by atoms with Gasteiger partial charge < -0.3 is 14.4 Å². The molecular weight excluding hydrogens is 594 g/mol. The number of piperidine rings is 1. The van der Waals surface area contributed by atoms with Crippen LogP contribution < -0.4 is 9.64 Å². The van der Waals surface area contributed by atoms with Gasteiger partial charge in [0, 0.05) is 23.2 Å². The predicted molar refractivity (Wildman–Crippen MR) is 198 cm³/mol. The van der Waals surface area contributed by atoms with Crippen LogP contribution in [0.2, 0.25) is 0 Å². The van der Waals surface area contributed by atoms with Gasteiger partial charge in [0.05, 0.1) is 30.7 Å². The van der Waals surface area contributed by atoms with Gasteiger partial charge >= 0.3 is 5.97 Å². The second-order valence-corrected chi connectivity index (χ2v) is 14.8. The molecule has 2 aromatic carbocycles. The molecule has 0 saturated carbocycles.